The van der Waals surface area contributed by atoms with Crippen LogP contribution in [0.2, 0.25) is 5.02 Å². The van der Waals surface area contributed by atoms with Crippen molar-refractivity contribution in [2.24, 2.45) is 5.16 Å². The molecule has 2 heterocycles. The number of anilines is 2. The molecule has 1 aliphatic rings. The fourth-order valence-corrected chi connectivity index (χ4v) is 3.25. The van der Waals surface area contributed by atoms with Crippen molar-refractivity contribution in [3.63, 3.8) is 0 Å². The topological polar surface area (TPSA) is 52.0 Å². The Hall–Kier alpha value is -2.48. The maximum atomic E-state index is 12.7. The quantitative estimate of drug-likeness (QED) is 0.476. The average Bonchev–Trinajstić information content (AvgIpc) is 2.67. The summed E-state index contributed by atoms with van der Waals surface area (Å²) in [4.78, 5) is 7.98. The van der Waals surface area contributed by atoms with Crippen LogP contribution < -0.4 is 9.80 Å². The van der Waals surface area contributed by atoms with Crippen LogP contribution in [0, 0.1) is 0 Å². The highest BCUT2D eigenvalue weighted by molar-refractivity contribution is 6.33. The van der Waals surface area contributed by atoms with E-state index in [2.05, 4.69) is 15.0 Å². The van der Waals surface area contributed by atoms with Crippen LogP contribution in [-0.4, -0.2) is 42.1 Å². The van der Waals surface area contributed by atoms with Crippen molar-refractivity contribution in [3.05, 3.63) is 52.7 Å². The van der Waals surface area contributed by atoms with Gasteiger partial charge in [-0.1, -0.05) is 28.9 Å². The minimum absolute atomic E-state index is 0.00129. The zero-order chi connectivity index (χ0) is 19.6. The first-order valence-corrected chi connectivity index (χ1v) is 8.69. The van der Waals surface area contributed by atoms with E-state index in [0.29, 0.717) is 37.7 Å². The van der Waals surface area contributed by atoms with Crippen LogP contribution in [0.1, 0.15) is 18.1 Å². The minimum Gasteiger partial charge on any atom is -0.411 e. The molecular weight excluding hydrogens is 381 g/mol. The molecule has 0 saturated carbocycles. The third-order valence-electron chi connectivity index (χ3n) is 4.53. The van der Waals surface area contributed by atoms with E-state index in [1.807, 2.05) is 29.2 Å². The van der Waals surface area contributed by atoms with Crippen molar-refractivity contribution in [2.45, 2.75) is 13.1 Å². The highest BCUT2D eigenvalue weighted by atomic mass is 35.5. The van der Waals surface area contributed by atoms with Gasteiger partial charge in [-0.3, -0.25) is 0 Å². The molecule has 0 atom stereocenters. The van der Waals surface area contributed by atoms with Crippen LogP contribution in [0.25, 0.3) is 0 Å². The number of hydrogen-bond donors (Lipinski definition) is 1. The Morgan fingerprint density at radius 2 is 1.70 bits per heavy atom. The summed E-state index contributed by atoms with van der Waals surface area (Å²) in [5.74, 6) is 0.370. The summed E-state index contributed by atoms with van der Waals surface area (Å²) in [5, 5.41) is 12.0. The van der Waals surface area contributed by atoms with Crippen LogP contribution in [0.4, 0.5) is 24.7 Å². The van der Waals surface area contributed by atoms with E-state index in [9.17, 15) is 13.2 Å². The third kappa shape index (κ3) is 4.27. The van der Waals surface area contributed by atoms with Crippen molar-refractivity contribution in [1.82, 2.24) is 4.98 Å². The van der Waals surface area contributed by atoms with Gasteiger partial charge >= 0.3 is 6.18 Å². The van der Waals surface area contributed by atoms with E-state index in [0.717, 1.165) is 23.5 Å². The molecule has 0 amide bonds. The molecule has 1 aliphatic heterocycles. The second kappa shape index (κ2) is 7.64. The van der Waals surface area contributed by atoms with E-state index in [1.54, 1.807) is 6.92 Å². The molecule has 2 aromatic rings. The van der Waals surface area contributed by atoms with Crippen LogP contribution in [-0.2, 0) is 6.18 Å². The summed E-state index contributed by atoms with van der Waals surface area (Å²) in [6.07, 6.45) is -3.64. The molecule has 27 heavy (non-hydrogen) atoms. The molecule has 0 spiro atoms. The molecule has 0 unspecified atom stereocenters. The van der Waals surface area contributed by atoms with Gasteiger partial charge in [0.1, 0.15) is 5.82 Å². The number of oxime groups is 1. The second-order valence-corrected chi connectivity index (χ2v) is 6.64. The highest BCUT2D eigenvalue weighted by Gasteiger charge is 2.32. The summed E-state index contributed by atoms with van der Waals surface area (Å²) >= 11 is 6.03. The number of alkyl halides is 3. The van der Waals surface area contributed by atoms with Crippen molar-refractivity contribution < 1.29 is 18.4 Å². The Bertz CT molecular complexity index is 831. The lowest BCUT2D eigenvalue weighted by Gasteiger charge is -2.37. The molecule has 9 heteroatoms. The molecule has 1 fully saturated rings. The van der Waals surface area contributed by atoms with Gasteiger partial charge in [0.2, 0.25) is 0 Å². The van der Waals surface area contributed by atoms with Crippen LogP contribution in [0.3, 0.4) is 0 Å². The van der Waals surface area contributed by atoms with Gasteiger partial charge in [-0.15, -0.1) is 0 Å². The molecule has 0 bridgehead atoms. The molecular formula is C18H18ClF3N4O. The zero-order valence-electron chi connectivity index (χ0n) is 14.5. The number of pyridine rings is 1. The van der Waals surface area contributed by atoms with Gasteiger partial charge in [0, 0.05) is 38.1 Å². The first kappa shape index (κ1) is 19.3. The zero-order valence-corrected chi connectivity index (χ0v) is 15.3. The van der Waals surface area contributed by atoms with Gasteiger partial charge in [-0.2, -0.15) is 13.2 Å². The Morgan fingerprint density at radius 1 is 1.11 bits per heavy atom. The van der Waals surface area contributed by atoms with E-state index >= 15 is 0 Å². The van der Waals surface area contributed by atoms with Crippen molar-refractivity contribution in [2.75, 3.05) is 36.0 Å². The predicted molar refractivity (Wildman–Crippen MR) is 99.1 cm³/mol. The number of aromatic nitrogens is 1. The Labute approximate surface area is 159 Å². The maximum absolute atomic E-state index is 12.7. The van der Waals surface area contributed by atoms with E-state index < -0.39 is 11.7 Å². The van der Waals surface area contributed by atoms with E-state index in [1.165, 1.54) is 0 Å². The molecule has 1 aromatic carbocycles. The van der Waals surface area contributed by atoms with Gasteiger partial charge in [0.25, 0.3) is 0 Å². The van der Waals surface area contributed by atoms with Crippen molar-refractivity contribution in [3.8, 4) is 0 Å². The normalized spacial score (nSPS) is 16.0. The lowest BCUT2D eigenvalue weighted by molar-refractivity contribution is -0.137. The third-order valence-corrected chi connectivity index (χ3v) is 4.81. The van der Waals surface area contributed by atoms with Crippen molar-refractivity contribution in [1.29, 1.82) is 0 Å². The Kier molecular flexibility index (Phi) is 5.46. The van der Waals surface area contributed by atoms with E-state index in [4.69, 9.17) is 16.8 Å². The maximum Gasteiger partial charge on any atom is 0.417 e. The van der Waals surface area contributed by atoms with Gasteiger partial charge in [0.05, 0.1) is 16.3 Å². The fraction of sp³-hybridized carbons (Fsp3) is 0.333. The SMILES string of the molecule is C/C(=N\O)c1ccc(N2CCN(c3ncc(C(F)(F)F)cc3Cl)CC2)cc1. The summed E-state index contributed by atoms with van der Waals surface area (Å²) in [7, 11) is 0. The van der Waals surface area contributed by atoms with Gasteiger partial charge in [-0.05, 0) is 30.7 Å². The van der Waals surface area contributed by atoms with E-state index in [-0.39, 0.29) is 5.02 Å². The highest BCUT2D eigenvalue weighted by Crippen LogP contribution is 2.34. The second-order valence-electron chi connectivity index (χ2n) is 6.23. The average molecular weight is 399 g/mol. The number of benzene rings is 1. The Balaban J connectivity index is 1.67. The molecule has 0 aliphatic carbocycles. The molecule has 144 valence electrons. The standard InChI is InChI=1S/C18H18ClF3N4O/c1-12(24-27)13-2-4-15(5-3-13)25-6-8-26(9-7-25)17-16(19)10-14(11-23-17)18(20,21)22/h2-5,10-11,27H,6-9H2,1H3/b24-12+. The van der Waals surface area contributed by atoms with Gasteiger partial charge < -0.3 is 15.0 Å². The summed E-state index contributed by atoms with van der Waals surface area (Å²) in [5.41, 5.74) is 1.54. The van der Waals surface area contributed by atoms with Gasteiger partial charge in [0.15, 0.2) is 0 Å². The number of rotatable bonds is 3. The lowest BCUT2D eigenvalue weighted by atomic mass is 10.1. The molecule has 1 saturated heterocycles. The number of nitrogens with zero attached hydrogens (tertiary/aromatic N) is 4. The van der Waals surface area contributed by atoms with Gasteiger partial charge in [-0.25, -0.2) is 4.98 Å². The fourth-order valence-electron chi connectivity index (χ4n) is 2.97. The van der Waals surface area contributed by atoms with Crippen LogP contribution in [0.5, 0.6) is 0 Å². The number of piperazine rings is 1. The monoisotopic (exact) mass is 398 g/mol. The summed E-state index contributed by atoms with van der Waals surface area (Å²) in [6, 6.07) is 8.57. The van der Waals surface area contributed by atoms with Crippen molar-refractivity contribution >= 4 is 28.8 Å². The smallest absolute Gasteiger partial charge is 0.411 e. The summed E-state index contributed by atoms with van der Waals surface area (Å²) < 4.78 is 38.2. The summed E-state index contributed by atoms with van der Waals surface area (Å²) in [6.45, 7) is 4.28. The molecule has 3 rings (SSSR count). The van der Waals surface area contributed by atoms with Crippen LogP contribution in [0.15, 0.2) is 41.7 Å². The molecule has 1 aromatic heterocycles. The Morgan fingerprint density at radius 3 is 2.22 bits per heavy atom. The first-order chi connectivity index (χ1) is 12.8. The lowest BCUT2D eigenvalue weighted by Crippen LogP contribution is -2.47. The molecule has 1 N–H and O–H groups in total. The molecule has 0 radical (unpaired) electrons. The predicted octanol–water partition coefficient (Wildman–Crippen LogP) is 4.28. The largest absolute Gasteiger partial charge is 0.417 e. The van der Waals surface area contributed by atoms with Crippen LogP contribution >= 0.6 is 11.6 Å². The number of halogens is 4. The minimum atomic E-state index is -4.46. The molecule has 5 nitrogen and oxygen atoms in total. The number of hydrogen-bond acceptors (Lipinski definition) is 5. The first-order valence-electron chi connectivity index (χ1n) is 8.31.